The molecule has 1 heterocycles. The van der Waals surface area contributed by atoms with Crippen molar-refractivity contribution < 1.29 is 4.74 Å². The molecule has 0 aliphatic heterocycles. The second kappa shape index (κ2) is 4.11. The van der Waals surface area contributed by atoms with Crippen molar-refractivity contribution in [2.75, 3.05) is 13.2 Å². The molecule has 0 radical (unpaired) electrons. The van der Waals surface area contributed by atoms with Gasteiger partial charge in [-0.3, -0.25) is 4.68 Å². The Morgan fingerprint density at radius 1 is 1.75 bits per heavy atom. The summed E-state index contributed by atoms with van der Waals surface area (Å²) < 4.78 is 7.13. The molecule has 1 aromatic heterocycles. The lowest BCUT2D eigenvalue weighted by molar-refractivity contribution is 0.264. The Hall–Kier alpha value is -1.03. The summed E-state index contributed by atoms with van der Waals surface area (Å²) in [7, 11) is 1.86. The molecule has 1 atom stereocenters. The predicted octanol–water partition coefficient (Wildman–Crippen LogP) is 0.394. The molecule has 1 unspecified atom stereocenters. The van der Waals surface area contributed by atoms with Gasteiger partial charge in [-0.05, 0) is 6.54 Å². The van der Waals surface area contributed by atoms with Crippen molar-refractivity contribution >= 4 is 0 Å². The van der Waals surface area contributed by atoms with Crippen LogP contribution in [0.15, 0.2) is 12.4 Å². The zero-order valence-corrected chi connectivity index (χ0v) is 7.53. The molecule has 0 saturated carbocycles. The molecule has 0 bridgehead atoms. The van der Waals surface area contributed by atoms with Crippen molar-refractivity contribution in [1.29, 1.82) is 0 Å². The minimum absolute atomic E-state index is 0.394. The number of rotatable bonds is 4. The number of nitrogens with zero attached hydrogens (tertiary/aromatic N) is 2. The van der Waals surface area contributed by atoms with E-state index in [0.29, 0.717) is 19.1 Å². The summed E-state index contributed by atoms with van der Waals surface area (Å²) in [5.74, 6) is 1.20. The smallest absolute Gasteiger partial charge is 0.157 e. The molecule has 12 heavy (non-hydrogen) atoms. The Balaban J connectivity index is 2.33. The van der Waals surface area contributed by atoms with E-state index in [2.05, 4.69) is 12.0 Å². The fourth-order valence-electron chi connectivity index (χ4n) is 0.780. The van der Waals surface area contributed by atoms with Crippen molar-refractivity contribution in [3.05, 3.63) is 12.4 Å². The van der Waals surface area contributed by atoms with Crippen LogP contribution in [-0.4, -0.2) is 22.9 Å². The monoisotopic (exact) mass is 169 g/mol. The van der Waals surface area contributed by atoms with E-state index in [4.69, 9.17) is 10.5 Å². The van der Waals surface area contributed by atoms with Crippen LogP contribution in [-0.2, 0) is 7.05 Å². The Bertz CT molecular complexity index is 234. The van der Waals surface area contributed by atoms with Crippen LogP contribution in [0.3, 0.4) is 0 Å². The second-order valence-electron chi connectivity index (χ2n) is 3.00. The molecule has 0 aliphatic rings. The summed E-state index contributed by atoms with van der Waals surface area (Å²) in [4.78, 5) is 0. The van der Waals surface area contributed by atoms with Crippen LogP contribution in [0.1, 0.15) is 6.92 Å². The summed E-state index contributed by atoms with van der Waals surface area (Å²) >= 11 is 0. The first-order valence-electron chi connectivity index (χ1n) is 4.04. The highest BCUT2D eigenvalue weighted by Crippen LogP contribution is 2.08. The van der Waals surface area contributed by atoms with Crippen molar-refractivity contribution in [2.24, 2.45) is 18.7 Å². The van der Waals surface area contributed by atoms with Crippen LogP contribution in [0.2, 0.25) is 0 Å². The van der Waals surface area contributed by atoms with Crippen LogP contribution in [0, 0.1) is 5.92 Å². The average molecular weight is 169 g/mol. The average Bonchev–Trinajstić information content (AvgIpc) is 2.47. The van der Waals surface area contributed by atoms with E-state index in [1.54, 1.807) is 10.9 Å². The molecule has 0 spiro atoms. The highest BCUT2D eigenvalue weighted by atomic mass is 16.5. The molecule has 0 aromatic carbocycles. The predicted molar refractivity (Wildman–Crippen MR) is 46.9 cm³/mol. The quantitative estimate of drug-likeness (QED) is 0.709. The Morgan fingerprint density at radius 3 is 3.00 bits per heavy atom. The molecular formula is C8H15N3O. The number of ether oxygens (including phenoxy) is 1. The maximum Gasteiger partial charge on any atom is 0.157 e. The van der Waals surface area contributed by atoms with Crippen LogP contribution in [0.5, 0.6) is 5.75 Å². The van der Waals surface area contributed by atoms with E-state index < -0.39 is 0 Å². The third-order valence-electron chi connectivity index (χ3n) is 1.62. The molecule has 2 N–H and O–H groups in total. The topological polar surface area (TPSA) is 53.1 Å². The lowest BCUT2D eigenvalue weighted by atomic mass is 10.2. The maximum atomic E-state index is 5.44. The fourth-order valence-corrected chi connectivity index (χ4v) is 0.780. The van der Waals surface area contributed by atoms with Gasteiger partial charge in [-0.25, -0.2) is 0 Å². The van der Waals surface area contributed by atoms with Gasteiger partial charge in [0.25, 0.3) is 0 Å². The van der Waals surface area contributed by atoms with Crippen molar-refractivity contribution in [3.63, 3.8) is 0 Å². The van der Waals surface area contributed by atoms with Crippen molar-refractivity contribution in [1.82, 2.24) is 9.78 Å². The number of aryl methyl sites for hydroxylation is 1. The molecule has 0 fully saturated rings. The SMILES string of the molecule is CC(CN)COc1cnn(C)c1. The standard InChI is InChI=1S/C8H15N3O/c1-7(3-9)6-12-8-4-10-11(2)5-8/h4-5,7H,3,6,9H2,1-2H3. The van der Waals surface area contributed by atoms with Gasteiger partial charge in [-0.15, -0.1) is 0 Å². The van der Waals surface area contributed by atoms with Crippen molar-refractivity contribution in [3.8, 4) is 5.75 Å². The Labute approximate surface area is 72.3 Å². The van der Waals surface area contributed by atoms with E-state index >= 15 is 0 Å². The molecule has 0 saturated heterocycles. The molecule has 68 valence electrons. The van der Waals surface area contributed by atoms with Gasteiger partial charge in [0.2, 0.25) is 0 Å². The molecular weight excluding hydrogens is 154 g/mol. The van der Waals surface area contributed by atoms with E-state index in [9.17, 15) is 0 Å². The molecule has 1 rings (SSSR count). The van der Waals surface area contributed by atoms with Crippen LogP contribution in [0.4, 0.5) is 0 Å². The summed E-state index contributed by atoms with van der Waals surface area (Å²) in [6.07, 6.45) is 3.53. The Kier molecular flexibility index (Phi) is 3.10. The third-order valence-corrected chi connectivity index (χ3v) is 1.62. The van der Waals surface area contributed by atoms with Gasteiger partial charge >= 0.3 is 0 Å². The normalized spacial score (nSPS) is 12.9. The first kappa shape index (κ1) is 9.06. The summed E-state index contributed by atoms with van der Waals surface area (Å²) in [6, 6.07) is 0. The van der Waals surface area contributed by atoms with Crippen LogP contribution in [0.25, 0.3) is 0 Å². The lowest BCUT2D eigenvalue weighted by Crippen LogP contribution is -2.18. The van der Waals surface area contributed by atoms with Crippen LogP contribution >= 0.6 is 0 Å². The van der Waals surface area contributed by atoms with Gasteiger partial charge in [0.05, 0.1) is 19.0 Å². The van der Waals surface area contributed by atoms with E-state index in [0.717, 1.165) is 5.75 Å². The minimum Gasteiger partial charge on any atom is -0.490 e. The second-order valence-corrected chi connectivity index (χ2v) is 3.00. The zero-order chi connectivity index (χ0) is 8.97. The fraction of sp³-hybridized carbons (Fsp3) is 0.625. The minimum atomic E-state index is 0.394. The van der Waals surface area contributed by atoms with Gasteiger partial charge in [-0.1, -0.05) is 6.92 Å². The molecule has 0 aliphatic carbocycles. The van der Waals surface area contributed by atoms with Gasteiger partial charge in [-0.2, -0.15) is 5.10 Å². The first-order chi connectivity index (χ1) is 5.72. The molecule has 0 amide bonds. The highest BCUT2D eigenvalue weighted by Gasteiger charge is 2.01. The van der Waals surface area contributed by atoms with E-state index in [1.165, 1.54) is 0 Å². The van der Waals surface area contributed by atoms with E-state index in [-0.39, 0.29) is 0 Å². The van der Waals surface area contributed by atoms with Gasteiger partial charge in [0.15, 0.2) is 5.75 Å². The summed E-state index contributed by atoms with van der Waals surface area (Å²) in [6.45, 7) is 3.36. The first-order valence-corrected chi connectivity index (χ1v) is 4.04. The Morgan fingerprint density at radius 2 is 2.50 bits per heavy atom. The maximum absolute atomic E-state index is 5.44. The third kappa shape index (κ3) is 2.54. The van der Waals surface area contributed by atoms with Crippen molar-refractivity contribution in [2.45, 2.75) is 6.92 Å². The largest absolute Gasteiger partial charge is 0.490 e. The highest BCUT2D eigenvalue weighted by molar-refractivity contribution is 5.11. The summed E-state index contributed by atoms with van der Waals surface area (Å²) in [5.41, 5.74) is 5.44. The van der Waals surface area contributed by atoms with E-state index in [1.807, 2.05) is 13.2 Å². The molecule has 1 aromatic rings. The number of hydrogen-bond donors (Lipinski definition) is 1. The van der Waals surface area contributed by atoms with Gasteiger partial charge < -0.3 is 10.5 Å². The zero-order valence-electron chi connectivity index (χ0n) is 7.53. The number of nitrogens with two attached hydrogens (primary N) is 1. The molecule has 4 heteroatoms. The van der Waals surface area contributed by atoms with Gasteiger partial charge in [0.1, 0.15) is 0 Å². The van der Waals surface area contributed by atoms with Gasteiger partial charge in [0, 0.05) is 13.0 Å². The number of aromatic nitrogens is 2. The van der Waals surface area contributed by atoms with Crippen LogP contribution < -0.4 is 10.5 Å². The summed E-state index contributed by atoms with van der Waals surface area (Å²) in [5, 5.41) is 3.98. The number of hydrogen-bond acceptors (Lipinski definition) is 3. The molecule has 4 nitrogen and oxygen atoms in total. The lowest BCUT2D eigenvalue weighted by Gasteiger charge is -2.08.